The number of rotatable bonds is 1. The molecule has 0 atom stereocenters. The second-order valence-electron chi connectivity index (χ2n) is 3.95. The predicted molar refractivity (Wildman–Crippen MR) is 76.1 cm³/mol. The van der Waals surface area contributed by atoms with Crippen LogP contribution in [-0.2, 0) is 0 Å². The zero-order valence-corrected chi connectivity index (χ0v) is 12.3. The number of benzene rings is 2. The van der Waals surface area contributed by atoms with Crippen molar-refractivity contribution < 1.29 is 0 Å². The topological polar surface area (TPSA) is 27.0 Å². The van der Waals surface area contributed by atoms with Gasteiger partial charge in [-0.2, -0.15) is 0 Å². The molecule has 0 fully saturated rings. The maximum atomic E-state index is 8.79. The van der Waals surface area contributed by atoms with E-state index in [4.69, 9.17) is 5.26 Å². The molecule has 0 saturated heterocycles. The fourth-order valence-electron chi connectivity index (χ4n) is 2.04. The van der Waals surface area contributed by atoms with E-state index in [-0.39, 0.29) is 15.0 Å². The van der Waals surface area contributed by atoms with E-state index in [1.165, 1.54) is 21.2 Å². The fraction of sp³-hybridized carbons (Fsp3) is 0.0714. The Kier molecular flexibility index (Phi) is 3.05. The van der Waals surface area contributed by atoms with Gasteiger partial charge in [0.25, 0.3) is 0 Å². The van der Waals surface area contributed by atoms with Gasteiger partial charge in [0.15, 0.2) is 0 Å². The molecule has 0 aliphatic carbocycles. The average molecular weight is 317 g/mol. The summed E-state index contributed by atoms with van der Waals surface area (Å²) in [4.78, 5) is 6.99. The van der Waals surface area contributed by atoms with E-state index in [0.717, 1.165) is 4.46 Å². The second-order valence-corrected chi connectivity index (χ2v) is 6.84. The van der Waals surface area contributed by atoms with Crippen LogP contribution in [0.15, 0.2) is 52.3 Å². The normalized spacial score (nSPS) is 12.6. The summed E-state index contributed by atoms with van der Waals surface area (Å²) in [6.45, 7) is 0. The van der Waals surface area contributed by atoms with Crippen molar-refractivity contribution in [2.75, 3.05) is 11.9 Å². The van der Waals surface area contributed by atoms with Gasteiger partial charge in [-0.3, -0.25) is 0 Å². The first kappa shape index (κ1) is 11.7. The molecule has 0 radical (unpaired) electrons. The van der Waals surface area contributed by atoms with E-state index in [0.29, 0.717) is 0 Å². The Morgan fingerprint density at radius 3 is 2.72 bits per heavy atom. The molecule has 0 spiro atoms. The van der Waals surface area contributed by atoms with Crippen molar-refractivity contribution in [3.63, 3.8) is 0 Å². The third-order valence-corrected chi connectivity index (χ3v) is 5.23. The van der Waals surface area contributed by atoms with Gasteiger partial charge >= 0.3 is 117 Å². The summed E-state index contributed by atoms with van der Waals surface area (Å²) in [6.07, 6.45) is 0. The Bertz CT molecular complexity index is 648. The van der Waals surface area contributed by atoms with E-state index < -0.39 is 0 Å². The molecule has 4 heteroatoms. The van der Waals surface area contributed by atoms with Gasteiger partial charge < -0.3 is 0 Å². The van der Waals surface area contributed by atoms with Crippen LogP contribution in [-0.4, -0.2) is 22.0 Å². The molecule has 0 saturated carbocycles. The summed E-state index contributed by atoms with van der Waals surface area (Å²) >= 11 is 1.71. The number of para-hydroxylation sites is 1. The van der Waals surface area contributed by atoms with Crippen molar-refractivity contribution >= 4 is 42.6 Å². The van der Waals surface area contributed by atoms with E-state index in [1.54, 1.807) is 11.8 Å². The van der Waals surface area contributed by atoms with Crippen molar-refractivity contribution in [1.82, 2.24) is 0 Å². The SMILES string of the molecule is CN1c2ccccc2Sc2cc([Se]C#N)ccc21. The van der Waals surface area contributed by atoms with Crippen LogP contribution in [0.3, 0.4) is 0 Å². The number of nitriles is 1. The van der Waals surface area contributed by atoms with Crippen LogP contribution in [0.4, 0.5) is 11.4 Å². The minimum atomic E-state index is -0.0782. The summed E-state index contributed by atoms with van der Waals surface area (Å²) in [7, 11) is 2.09. The van der Waals surface area contributed by atoms with E-state index in [2.05, 4.69) is 59.4 Å². The fourth-order valence-corrected chi connectivity index (χ4v) is 4.27. The molecule has 2 aromatic carbocycles. The van der Waals surface area contributed by atoms with Crippen LogP contribution >= 0.6 is 11.8 Å². The third kappa shape index (κ3) is 1.91. The first-order chi connectivity index (χ1) is 8.79. The van der Waals surface area contributed by atoms with E-state index in [1.807, 2.05) is 0 Å². The molecule has 0 N–H and O–H groups in total. The van der Waals surface area contributed by atoms with Gasteiger partial charge in [-0.05, 0) is 0 Å². The zero-order valence-electron chi connectivity index (χ0n) is 9.75. The van der Waals surface area contributed by atoms with Crippen molar-refractivity contribution in [3.05, 3.63) is 42.5 Å². The van der Waals surface area contributed by atoms with Crippen molar-refractivity contribution in [2.24, 2.45) is 0 Å². The Morgan fingerprint density at radius 1 is 1.11 bits per heavy atom. The van der Waals surface area contributed by atoms with Crippen LogP contribution in [0.2, 0.25) is 0 Å². The van der Waals surface area contributed by atoms with Gasteiger partial charge in [-0.15, -0.1) is 0 Å². The van der Waals surface area contributed by atoms with Crippen LogP contribution < -0.4 is 9.36 Å². The second kappa shape index (κ2) is 4.70. The van der Waals surface area contributed by atoms with Crippen LogP contribution in [0, 0.1) is 10.2 Å². The number of nitrogens with zero attached hydrogens (tertiary/aromatic N) is 2. The van der Waals surface area contributed by atoms with Gasteiger partial charge in [-0.25, -0.2) is 0 Å². The van der Waals surface area contributed by atoms with Crippen molar-refractivity contribution in [2.45, 2.75) is 9.79 Å². The molecule has 3 rings (SSSR count). The zero-order chi connectivity index (χ0) is 12.5. The Labute approximate surface area is 117 Å². The molecule has 2 aromatic rings. The minimum absolute atomic E-state index is 0.0782. The molecular formula is C14H10N2SSe. The average Bonchev–Trinajstić information content (AvgIpc) is 2.39. The number of fused-ring (bicyclic) bond motifs is 2. The standard InChI is InChI=1S/C14H10N2SSe/c1-16-11-4-2-3-5-13(11)17-14-8-10(18-9-15)6-7-12(14)16/h2-8H,1H3. The van der Waals surface area contributed by atoms with E-state index in [9.17, 15) is 0 Å². The van der Waals surface area contributed by atoms with Gasteiger partial charge in [-0.1, -0.05) is 0 Å². The maximum absolute atomic E-state index is 8.79. The van der Waals surface area contributed by atoms with Crippen molar-refractivity contribution in [3.8, 4) is 4.97 Å². The molecule has 0 amide bonds. The van der Waals surface area contributed by atoms with Gasteiger partial charge in [0.2, 0.25) is 0 Å². The number of hydrogen-bond acceptors (Lipinski definition) is 3. The van der Waals surface area contributed by atoms with Gasteiger partial charge in [0.1, 0.15) is 0 Å². The summed E-state index contributed by atoms with van der Waals surface area (Å²) in [6, 6.07) is 14.7. The quantitative estimate of drug-likeness (QED) is 0.757. The number of hydrogen-bond donors (Lipinski definition) is 0. The summed E-state index contributed by atoms with van der Waals surface area (Å²) in [5.41, 5.74) is 2.46. The molecule has 0 aromatic heterocycles. The Morgan fingerprint density at radius 2 is 1.89 bits per heavy atom. The molecule has 2 nitrogen and oxygen atoms in total. The summed E-state index contributed by atoms with van der Waals surface area (Å²) in [5, 5.41) is 8.79. The first-order valence-electron chi connectivity index (χ1n) is 5.50. The Balaban J connectivity index is 2.08. The van der Waals surface area contributed by atoms with Gasteiger partial charge in [0, 0.05) is 0 Å². The molecule has 1 aliphatic heterocycles. The molecule has 88 valence electrons. The third-order valence-electron chi connectivity index (χ3n) is 2.90. The first-order valence-corrected chi connectivity index (χ1v) is 8.03. The summed E-state index contributed by atoms with van der Waals surface area (Å²) < 4.78 is 1.14. The molecule has 18 heavy (non-hydrogen) atoms. The molecule has 1 heterocycles. The van der Waals surface area contributed by atoms with E-state index >= 15 is 0 Å². The molecule has 1 aliphatic rings. The monoisotopic (exact) mass is 318 g/mol. The number of anilines is 2. The van der Waals surface area contributed by atoms with Gasteiger partial charge in [0.05, 0.1) is 0 Å². The van der Waals surface area contributed by atoms with Crippen LogP contribution in [0.1, 0.15) is 0 Å². The van der Waals surface area contributed by atoms with Crippen molar-refractivity contribution in [1.29, 1.82) is 5.26 Å². The van der Waals surface area contributed by atoms with Crippen LogP contribution in [0.25, 0.3) is 0 Å². The molecular weight excluding hydrogens is 307 g/mol. The predicted octanol–water partition coefficient (Wildman–Crippen LogP) is 2.73. The molecule has 0 bridgehead atoms. The molecule has 0 unspecified atom stereocenters. The Hall–Kier alpha value is -1.40. The van der Waals surface area contributed by atoms with Crippen LogP contribution in [0.5, 0.6) is 0 Å². The summed E-state index contributed by atoms with van der Waals surface area (Å²) in [5.74, 6) is 0.